The molecule has 3 rings (SSSR count). The zero-order chi connectivity index (χ0) is 14.8. The van der Waals surface area contributed by atoms with Crippen LogP contribution in [-0.2, 0) is 0 Å². The molecule has 1 N–H and O–H groups in total. The molecule has 2 aromatic carbocycles. The van der Waals surface area contributed by atoms with E-state index in [2.05, 4.69) is 21.2 Å². The second-order valence-electron chi connectivity index (χ2n) is 5.36. The zero-order valence-electron chi connectivity index (χ0n) is 11.8. The van der Waals surface area contributed by atoms with Crippen LogP contribution >= 0.6 is 15.9 Å². The molecule has 1 unspecified atom stereocenters. The minimum Gasteiger partial charge on any atom is -0.497 e. The third kappa shape index (κ3) is 3.38. The smallest absolute Gasteiger partial charge is 0.147 e. The van der Waals surface area contributed by atoms with Crippen LogP contribution in [-0.4, -0.2) is 7.11 Å². The highest BCUT2D eigenvalue weighted by Gasteiger charge is 2.32. The Morgan fingerprint density at radius 1 is 1.19 bits per heavy atom. The molecule has 0 saturated heterocycles. The van der Waals surface area contributed by atoms with E-state index in [-0.39, 0.29) is 11.9 Å². The van der Waals surface area contributed by atoms with E-state index in [1.54, 1.807) is 13.2 Å². The van der Waals surface area contributed by atoms with Gasteiger partial charge in [-0.15, -0.1) is 0 Å². The van der Waals surface area contributed by atoms with Gasteiger partial charge in [0.15, 0.2) is 0 Å². The summed E-state index contributed by atoms with van der Waals surface area (Å²) in [5.74, 6) is 1.17. The Morgan fingerprint density at radius 3 is 2.48 bits per heavy atom. The molecule has 4 heteroatoms. The molecule has 110 valence electrons. The summed E-state index contributed by atoms with van der Waals surface area (Å²) in [6.07, 6.45) is 2.36. The number of ether oxygens (including phenoxy) is 1. The highest BCUT2D eigenvalue weighted by molar-refractivity contribution is 9.10. The van der Waals surface area contributed by atoms with Crippen molar-refractivity contribution in [2.24, 2.45) is 5.92 Å². The molecule has 0 radical (unpaired) electrons. The molecule has 0 spiro atoms. The predicted molar refractivity (Wildman–Crippen MR) is 86.2 cm³/mol. The minimum atomic E-state index is -0.233. The van der Waals surface area contributed by atoms with Crippen molar-refractivity contribution in [1.29, 1.82) is 0 Å². The van der Waals surface area contributed by atoms with Crippen LogP contribution in [0.5, 0.6) is 5.75 Å². The van der Waals surface area contributed by atoms with Gasteiger partial charge in [0.1, 0.15) is 11.6 Å². The fourth-order valence-electron chi connectivity index (χ4n) is 2.49. The van der Waals surface area contributed by atoms with Crippen molar-refractivity contribution >= 4 is 21.6 Å². The molecule has 0 amide bonds. The van der Waals surface area contributed by atoms with E-state index < -0.39 is 0 Å². The van der Waals surface area contributed by atoms with Crippen molar-refractivity contribution in [3.05, 3.63) is 58.3 Å². The molecule has 2 nitrogen and oxygen atoms in total. The second-order valence-corrected chi connectivity index (χ2v) is 6.27. The van der Waals surface area contributed by atoms with Gasteiger partial charge in [0.05, 0.1) is 18.8 Å². The largest absolute Gasteiger partial charge is 0.497 e. The number of hydrogen-bond acceptors (Lipinski definition) is 2. The van der Waals surface area contributed by atoms with Crippen LogP contribution in [0.15, 0.2) is 46.9 Å². The lowest BCUT2D eigenvalue weighted by Crippen LogP contribution is -2.13. The summed E-state index contributed by atoms with van der Waals surface area (Å²) in [5, 5.41) is 3.35. The van der Waals surface area contributed by atoms with Gasteiger partial charge in [-0.2, -0.15) is 0 Å². The van der Waals surface area contributed by atoms with Crippen molar-refractivity contribution in [1.82, 2.24) is 0 Å². The Labute approximate surface area is 132 Å². The van der Waals surface area contributed by atoms with Crippen LogP contribution in [0.3, 0.4) is 0 Å². The van der Waals surface area contributed by atoms with Crippen molar-refractivity contribution in [3.8, 4) is 5.75 Å². The maximum absolute atomic E-state index is 14.0. The third-order valence-electron chi connectivity index (χ3n) is 3.81. The normalized spacial score (nSPS) is 15.6. The van der Waals surface area contributed by atoms with Crippen LogP contribution in [0.4, 0.5) is 10.1 Å². The van der Waals surface area contributed by atoms with Crippen molar-refractivity contribution in [3.63, 3.8) is 0 Å². The van der Waals surface area contributed by atoms with E-state index in [9.17, 15) is 4.39 Å². The summed E-state index contributed by atoms with van der Waals surface area (Å²) >= 11 is 3.28. The van der Waals surface area contributed by atoms with Gasteiger partial charge in [-0.25, -0.2) is 4.39 Å². The van der Waals surface area contributed by atoms with Gasteiger partial charge in [-0.3, -0.25) is 0 Å². The van der Waals surface area contributed by atoms with Crippen molar-refractivity contribution in [2.75, 3.05) is 12.4 Å². The number of benzene rings is 2. The SMILES string of the molecule is COc1ccc(C(Nc2ccc(Br)cc2F)C2CC2)cc1. The topological polar surface area (TPSA) is 21.3 Å². The number of rotatable bonds is 5. The molecule has 1 saturated carbocycles. The van der Waals surface area contributed by atoms with Crippen molar-refractivity contribution in [2.45, 2.75) is 18.9 Å². The van der Waals surface area contributed by atoms with Crippen LogP contribution in [0.1, 0.15) is 24.4 Å². The average Bonchev–Trinajstić information content (AvgIpc) is 3.31. The number of anilines is 1. The van der Waals surface area contributed by atoms with E-state index in [0.29, 0.717) is 11.6 Å². The third-order valence-corrected chi connectivity index (χ3v) is 4.30. The Kier molecular flexibility index (Phi) is 4.15. The number of hydrogen-bond donors (Lipinski definition) is 1. The first kappa shape index (κ1) is 14.4. The Balaban J connectivity index is 1.84. The fraction of sp³-hybridized carbons (Fsp3) is 0.294. The zero-order valence-corrected chi connectivity index (χ0v) is 13.4. The van der Waals surface area contributed by atoms with Gasteiger partial charge in [-0.05, 0) is 54.7 Å². The van der Waals surface area contributed by atoms with Crippen LogP contribution < -0.4 is 10.1 Å². The summed E-state index contributed by atoms with van der Waals surface area (Å²) in [5.41, 5.74) is 1.71. The van der Waals surface area contributed by atoms with E-state index >= 15 is 0 Å². The minimum absolute atomic E-state index is 0.145. The predicted octanol–water partition coefficient (Wildman–Crippen LogP) is 5.16. The quantitative estimate of drug-likeness (QED) is 0.804. The lowest BCUT2D eigenvalue weighted by Gasteiger charge is -2.21. The molecule has 0 aliphatic heterocycles. The molecule has 0 bridgehead atoms. The molecule has 2 aromatic rings. The van der Waals surface area contributed by atoms with Crippen molar-refractivity contribution < 1.29 is 9.13 Å². The summed E-state index contributed by atoms with van der Waals surface area (Å²) in [6, 6.07) is 13.2. The van der Waals surface area contributed by atoms with E-state index in [1.807, 2.05) is 30.3 Å². The summed E-state index contributed by atoms with van der Waals surface area (Å²) in [4.78, 5) is 0. The summed E-state index contributed by atoms with van der Waals surface area (Å²) in [7, 11) is 1.66. The molecule has 1 aliphatic rings. The molecular weight excluding hydrogens is 333 g/mol. The molecule has 1 fully saturated rings. The maximum Gasteiger partial charge on any atom is 0.147 e. The van der Waals surface area contributed by atoms with Gasteiger partial charge in [0.25, 0.3) is 0 Å². The van der Waals surface area contributed by atoms with Crippen LogP contribution in [0.2, 0.25) is 0 Å². The molecule has 1 atom stereocenters. The first-order chi connectivity index (χ1) is 10.2. The highest BCUT2D eigenvalue weighted by Crippen LogP contribution is 2.43. The average molecular weight is 350 g/mol. The van der Waals surface area contributed by atoms with E-state index in [0.717, 1.165) is 10.2 Å². The molecule has 21 heavy (non-hydrogen) atoms. The lowest BCUT2D eigenvalue weighted by atomic mass is 10.0. The molecular formula is C17H17BrFNO. The standard InChI is InChI=1S/C17H17BrFNO/c1-21-14-7-4-12(5-8-14)17(11-2-3-11)20-16-9-6-13(18)10-15(16)19/h4-11,17,20H,2-3H2,1H3. The summed E-state index contributed by atoms with van der Waals surface area (Å²) < 4.78 is 20.0. The fourth-order valence-corrected chi connectivity index (χ4v) is 2.82. The highest BCUT2D eigenvalue weighted by atomic mass is 79.9. The number of nitrogens with one attached hydrogen (secondary N) is 1. The molecule has 0 aromatic heterocycles. The van der Waals surface area contributed by atoms with E-state index in [1.165, 1.54) is 24.5 Å². The van der Waals surface area contributed by atoms with Gasteiger partial charge in [-0.1, -0.05) is 28.1 Å². The monoisotopic (exact) mass is 349 g/mol. The number of halogens is 2. The maximum atomic E-state index is 14.0. The Bertz CT molecular complexity index is 625. The Morgan fingerprint density at radius 2 is 1.90 bits per heavy atom. The van der Waals surface area contributed by atoms with Gasteiger partial charge < -0.3 is 10.1 Å². The first-order valence-electron chi connectivity index (χ1n) is 7.03. The molecule has 1 aliphatic carbocycles. The van der Waals surface area contributed by atoms with Crippen LogP contribution in [0, 0.1) is 11.7 Å². The van der Waals surface area contributed by atoms with Gasteiger partial charge >= 0.3 is 0 Å². The second kappa shape index (κ2) is 6.06. The molecule has 0 heterocycles. The van der Waals surface area contributed by atoms with E-state index in [4.69, 9.17) is 4.74 Å². The first-order valence-corrected chi connectivity index (χ1v) is 7.82. The summed E-state index contributed by atoms with van der Waals surface area (Å²) in [6.45, 7) is 0. The van der Waals surface area contributed by atoms with Crippen LogP contribution in [0.25, 0.3) is 0 Å². The van der Waals surface area contributed by atoms with Gasteiger partial charge in [0, 0.05) is 4.47 Å². The Hall–Kier alpha value is -1.55. The number of methoxy groups -OCH3 is 1. The lowest BCUT2D eigenvalue weighted by molar-refractivity contribution is 0.414. The van der Waals surface area contributed by atoms with Gasteiger partial charge in [0.2, 0.25) is 0 Å².